The summed E-state index contributed by atoms with van der Waals surface area (Å²) in [5.41, 5.74) is 0. The Morgan fingerprint density at radius 2 is 2.13 bits per heavy atom. The van der Waals surface area contributed by atoms with E-state index in [1.165, 1.54) is 0 Å². The molecule has 0 radical (unpaired) electrons. The summed E-state index contributed by atoms with van der Waals surface area (Å²) in [6.07, 6.45) is 1.01. The fraction of sp³-hybridized carbons (Fsp3) is 1.00. The fourth-order valence-electron chi connectivity index (χ4n) is 2.12. The lowest BCUT2D eigenvalue weighted by molar-refractivity contribution is 0.0263. The molecule has 2 rings (SSSR count). The maximum Gasteiger partial charge on any atom is 0.0594 e. The van der Waals surface area contributed by atoms with Crippen molar-refractivity contribution in [2.24, 2.45) is 5.92 Å². The van der Waals surface area contributed by atoms with Crippen LogP contribution in [0.5, 0.6) is 0 Å². The molecular formula is C10H18ClNO2S. The Bertz CT molecular complexity index is 202. The summed E-state index contributed by atoms with van der Waals surface area (Å²) in [5.74, 6) is 1.22. The van der Waals surface area contributed by atoms with E-state index in [0.717, 1.165) is 38.5 Å². The number of halogens is 1. The van der Waals surface area contributed by atoms with Crippen LogP contribution in [0, 0.1) is 5.92 Å². The van der Waals surface area contributed by atoms with Gasteiger partial charge in [-0.1, -0.05) is 0 Å². The van der Waals surface area contributed by atoms with Gasteiger partial charge >= 0.3 is 0 Å². The van der Waals surface area contributed by atoms with Gasteiger partial charge < -0.3 is 9.84 Å². The minimum absolute atomic E-state index is 0.136. The van der Waals surface area contributed by atoms with E-state index >= 15 is 0 Å². The van der Waals surface area contributed by atoms with E-state index in [0.29, 0.717) is 5.37 Å². The average Bonchev–Trinajstić information content (AvgIpc) is 2.31. The number of rotatable bonds is 2. The fourth-order valence-corrected chi connectivity index (χ4v) is 4.01. The molecule has 2 heterocycles. The van der Waals surface area contributed by atoms with Gasteiger partial charge in [0, 0.05) is 36.7 Å². The van der Waals surface area contributed by atoms with Gasteiger partial charge in [0.15, 0.2) is 0 Å². The largest absolute Gasteiger partial charge is 0.396 e. The van der Waals surface area contributed by atoms with Crippen molar-refractivity contribution in [2.45, 2.75) is 17.2 Å². The molecule has 0 saturated carbocycles. The molecule has 3 nitrogen and oxygen atoms in total. The summed E-state index contributed by atoms with van der Waals surface area (Å²) in [6, 6.07) is 0. The maximum atomic E-state index is 9.24. The number of hydrogen-bond acceptors (Lipinski definition) is 4. The molecule has 0 bridgehead atoms. The summed E-state index contributed by atoms with van der Waals surface area (Å²) in [7, 11) is 0. The predicted octanol–water partition coefficient (Wildman–Crippen LogP) is 0.997. The van der Waals surface area contributed by atoms with Crippen LogP contribution in [0.15, 0.2) is 0 Å². The van der Waals surface area contributed by atoms with E-state index in [2.05, 4.69) is 4.90 Å². The molecule has 0 aromatic heterocycles. The van der Waals surface area contributed by atoms with Crippen molar-refractivity contribution in [2.75, 3.05) is 38.7 Å². The van der Waals surface area contributed by atoms with Crippen LogP contribution in [-0.4, -0.2) is 59.4 Å². The lowest BCUT2D eigenvalue weighted by Crippen LogP contribution is -2.46. The van der Waals surface area contributed by atoms with Crippen molar-refractivity contribution >= 4 is 23.4 Å². The highest BCUT2D eigenvalue weighted by atomic mass is 35.5. The third-order valence-electron chi connectivity index (χ3n) is 3.15. The smallest absolute Gasteiger partial charge is 0.0594 e. The summed E-state index contributed by atoms with van der Waals surface area (Å²) >= 11 is 8.09. The first kappa shape index (κ1) is 12.0. The minimum Gasteiger partial charge on any atom is -0.396 e. The average molecular weight is 252 g/mol. The molecule has 0 aliphatic carbocycles. The van der Waals surface area contributed by atoms with Gasteiger partial charge in [0.2, 0.25) is 0 Å². The Morgan fingerprint density at radius 3 is 2.80 bits per heavy atom. The number of thioether (sulfide) groups is 1. The first-order valence-electron chi connectivity index (χ1n) is 5.49. The number of aliphatic hydroxyl groups is 1. The van der Waals surface area contributed by atoms with Crippen molar-refractivity contribution in [1.29, 1.82) is 0 Å². The van der Waals surface area contributed by atoms with E-state index in [1.807, 2.05) is 11.8 Å². The summed E-state index contributed by atoms with van der Waals surface area (Å²) in [4.78, 5) is 2.46. The topological polar surface area (TPSA) is 32.7 Å². The van der Waals surface area contributed by atoms with Crippen LogP contribution in [0.3, 0.4) is 0 Å². The van der Waals surface area contributed by atoms with Crippen LogP contribution in [-0.2, 0) is 4.74 Å². The molecule has 0 spiro atoms. The van der Waals surface area contributed by atoms with Crippen molar-refractivity contribution in [3.8, 4) is 0 Å². The van der Waals surface area contributed by atoms with Gasteiger partial charge in [-0.05, 0) is 6.42 Å². The van der Waals surface area contributed by atoms with Crippen molar-refractivity contribution in [3.05, 3.63) is 0 Å². The van der Waals surface area contributed by atoms with Crippen LogP contribution in [0.4, 0.5) is 0 Å². The van der Waals surface area contributed by atoms with E-state index < -0.39 is 0 Å². The molecule has 88 valence electrons. The van der Waals surface area contributed by atoms with Gasteiger partial charge in [0.25, 0.3) is 0 Å². The van der Waals surface area contributed by atoms with Crippen LogP contribution in [0.1, 0.15) is 6.42 Å². The van der Waals surface area contributed by atoms with Crippen LogP contribution in [0.25, 0.3) is 0 Å². The quantitative estimate of drug-likeness (QED) is 0.743. The second-order valence-corrected chi connectivity index (χ2v) is 5.90. The zero-order valence-electron chi connectivity index (χ0n) is 8.77. The van der Waals surface area contributed by atoms with Gasteiger partial charge in [-0.2, -0.15) is 0 Å². The van der Waals surface area contributed by atoms with Crippen LogP contribution < -0.4 is 0 Å². The Hall–Kier alpha value is 0.520. The summed E-state index contributed by atoms with van der Waals surface area (Å²) < 4.78 is 5.34. The Labute approximate surface area is 100 Å². The zero-order valence-corrected chi connectivity index (χ0v) is 10.3. The Balaban J connectivity index is 1.87. The SMILES string of the molecule is OCC1CC(N2CCOCC2)SCC1Cl. The number of morpholine rings is 1. The molecule has 5 heteroatoms. The van der Waals surface area contributed by atoms with Crippen molar-refractivity contribution in [1.82, 2.24) is 4.90 Å². The second-order valence-electron chi connectivity index (χ2n) is 4.13. The molecule has 0 aromatic rings. The molecule has 2 aliphatic heterocycles. The third kappa shape index (κ3) is 3.01. The number of alkyl halides is 1. The van der Waals surface area contributed by atoms with Gasteiger partial charge in [-0.25, -0.2) is 0 Å². The van der Waals surface area contributed by atoms with E-state index in [-0.39, 0.29) is 17.9 Å². The van der Waals surface area contributed by atoms with Gasteiger partial charge in [-0.15, -0.1) is 23.4 Å². The van der Waals surface area contributed by atoms with Gasteiger partial charge in [-0.3, -0.25) is 4.90 Å². The standard InChI is InChI=1S/C10H18ClNO2S/c11-9-7-15-10(5-8(9)6-13)12-1-3-14-4-2-12/h8-10,13H,1-7H2. The summed E-state index contributed by atoms with van der Waals surface area (Å²) in [6.45, 7) is 3.93. The molecule has 1 N–H and O–H groups in total. The molecule has 2 aliphatic rings. The first-order valence-corrected chi connectivity index (χ1v) is 6.98. The number of hydrogen-bond donors (Lipinski definition) is 1. The summed E-state index contributed by atoms with van der Waals surface area (Å²) in [5, 5.41) is 9.91. The molecule has 2 fully saturated rings. The zero-order chi connectivity index (χ0) is 10.7. The van der Waals surface area contributed by atoms with E-state index in [9.17, 15) is 5.11 Å². The molecule has 0 amide bonds. The normalized spacial score (nSPS) is 39.2. The van der Waals surface area contributed by atoms with Crippen molar-refractivity contribution in [3.63, 3.8) is 0 Å². The van der Waals surface area contributed by atoms with Crippen molar-refractivity contribution < 1.29 is 9.84 Å². The molecule has 3 unspecified atom stereocenters. The second kappa shape index (κ2) is 5.73. The van der Waals surface area contributed by atoms with Crippen LogP contribution in [0.2, 0.25) is 0 Å². The number of nitrogens with zero attached hydrogens (tertiary/aromatic N) is 1. The molecule has 15 heavy (non-hydrogen) atoms. The minimum atomic E-state index is 0.136. The highest BCUT2D eigenvalue weighted by Crippen LogP contribution is 2.34. The highest BCUT2D eigenvalue weighted by Gasteiger charge is 2.32. The molecule has 2 saturated heterocycles. The highest BCUT2D eigenvalue weighted by molar-refractivity contribution is 8.00. The van der Waals surface area contributed by atoms with E-state index in [4.69, 9.17) is 16.3 Å². The molecular weight excluding hydrogens is 234 g/mol. The van der Waals surface area contributed by atoms with E-state index in [1.54, 1.807) is 0 Å². The van der Waals surface area contributed by atoms with Gasteiger partial charge in [0.05, 0.1) is 18.6 Å². The monoisotopic (exact) mass is 251 g/mol. The Kier molecular flexibility index (Phi) is 4.58. The van der Waals surface area contributed by atoms with Crippen LogP contribution >= 0.6 is 23.4 Å². The molecule has 3 atom stereocenters. The van der Waals surface area contributed by atoms with Gasteiger partial charge in [0.1, 0.15) is 0 Å². The Morgan fingerprint density at radius 1 is 1.40 bits per heavy atom. The third-order valence-corrected chi connectivity index (χ3v) is 5.27. The number of ether oxygens (including phenoxy) is 1. The number of aliphatic hydroxyl groups excluding tert-OH is 1. The molecule has 0 aromatic carbocycles. The lowest BCUT2D eigenvalue weighted by Gasteiger charge is -2.40. The first-order chi connectivity index (χ1) is 7.31. The lowest BCUT2D eigenvalue weighted by atomic mass is 10.0. The maximum absolute atomic E-state index is 9.24. The predicted molar refractivity (Wildman–Crippen MR) is 63.5 cm³/mol.